The van der Waals surface area contributed by atoms with E-state index in [9.17, 15) is 14.0 Å². The predicted molar refractivity (Wildman–Crippen MR) is 105 cm³/mol. The molecular weight excluding hydrogens is 391 g/mol. The highest BCUT2D eigenvalue weighted by Crippen LogP contribution is 2.34. The Kier molecular flexibility index (Phi) is 5.57. The molecule has 2 N–H and O–H groups in total. The number of nitrogens with one attached hydrogen (secondary N) is 2. The maximum Gasteiger partial charge on any atom is 0.254 e. The summed E-state index contributed by atoms with van der Waals surface area (Å²) in [5.74, 6) is -0.845. The zero-order valence-corrected chi connectivity index (χ0v) is 17.0. The zero-order valence-electron chi connectivity index (χ0n) is 17.0. The third kappa shape index (κ3) is 3.82. The number of morpholine rings is 1. The van der Waals surface area contributed by atoms with Crippen molar-refractivity contribution in [2.24, 2.45) is 5.92 Å². The number of amides is 2. The van der Waals surface area contributed by atoms with E-state index in [1.165, 1.54) is 12.1 Å². The minimum atomic E-state index is -1.24. The van der Waals surface area contributed by atoms with E-state index in [4.69, 9.17) is 9.26 Å². The fourth-order valence-electron chi connectivity index (χ4n) is 4.22. The average molecular weight is 416 g/mol. The molecule has 4 rings (SSSR count). The predicted octanol–water partition coefficient (Wildman–Crippen LogP) is 1.06. The molecule has 30 heavy (non-hydrogen) atoms. The SMILES string of the molecule is Cc1noc(C)c1CNC(=O)[C@H]1CN(Cc2ccc(F)cc2)C[C@@]12OCCNC2=O. The van der Waals surface area contributed by atoms with E-state index >= 15 is 0 Å². The topological polar surface area (TPSA) is 96.7 Å². The Hall–Kier alpha value is -2.78. The highest BCUT2D eigenvalue weighted by Gasteiger charge is 2.57. The van der Waals surface area contributed by atoms with Gasteiger partial charge in [-0.05, 0) is 31.5 Å². The third-order valence-electron chi connectivity index (χ3n) is 5.85. The molecule has 9 heteroatoms. The molecule has 2 amide bonds. The summed E-state index contributed by atoms with van der Waals surface area (Å²) in [6, 6.07) is 6.21. The van der Waals surface area contributed by atoms with Crippen molar-refractivity contribution in [3.63, 3.8) is 0 Å². The first-order valence-corrected chi connectivity index (χ1v) is 9.97. The van der Waals surface area contributed by atoms with Gasteiger partial charge in [0.05, 0.1) is 18.2 Å². The molecule has 3 heterocycles. The normalized spacial score (nSPS) is 24.2. The molecule has 1 aromatic heterocycles. The van der Waals surface area contributed by atoms with Gasteiger partial charge in [-0.15, -0.1) is 0 Å². The number of aryl methyl sites for hydroxylation is 2. The number of rotatable bonds is 5. The Bertz CT molecular complexity index is 925. The van der Waals surface area contributed by atoms with Gasteiger partial charge in [0.2, 0.25) is 5.91 Å². The number of likely N-dealkylation sites (tertiary alicyclic amines) is 1. The molecular formula is C21H25FN4O4. The standard InChI is InChI=1S/C21H25FN4O4/c1-13-17(14(2)30-25-13)9-24-19(27)18-11-26(10-15-3-5-16(22)6-4-15)12-21(18)20(28)23-7-8-29-21/h3-6,18H,7-12H2,1-2H3,(H,23,28)(H,24,27)/t18-,21-/m1/s1. The van der Waals surface area contributed by atoms with Crippen molar-refractivity contribution in [3.05, 3.63) is 52.7 Å². The summed E-state index contributed by atoms with van der Waals surface area (Å²) in [6.45, 7) is 5.80. The number of halogens is 1. The molecule has 2 aliphatic rings. The lowest BCUT2D eigenvalue weighted by Gasteiger charge is -2.36. The maximum absolute atomic E-state index is 13.2. The molecule has 0 aliphatic carbocycles. The summed E-state index contributed by atoms with van der Waals surface area (Å²) >= 11 is 0. The first-order chi connectivity index (χ1) is 14.4. The van der Waals surface area contributed by atoms with E-state index in [0.717, 1.165) is 16.8 Å². The van der Waals surface area contributed by atoms with Crippen LogP contribution in [0.1, 0.15) is 22.6 Å². The Morgan fingerprint density at radius 3 is 2.80 bits per heavy atom. The van der Waals surface area contributed by atoms with Crippen molar-refractivity contribution < 1.29 is 23.2 Å². The molecule has 0 saturated carbocycles. The van der Waals surface area contributed by atoms with Crippen LogP contribution in [0.3, 0.4) is 0 Å². The number of hydrogen-bond donors (Lipinski definition) is 2. The van der Waals surface area contributed by atoms with E-state index in [1.807, 2.05) is 11.8 Å². The summed E-state index contributed by atoms with van der Waals surface area (Å²) in [5.41, 5.74) is 1.21. The summed E-state index contributed by atoms with van der Waals surface area (Å²) in [6.07, 6.45) is 0. The minimum absolute atomic E-state index is 0.256. The highest BCUT2D eigenvalue weighted by atomic mass is 19.1. The van der Waals surface area contributed by atoms with Crippen LogP contribution >= 0.6 is 0 Å². The number of benzene rings is 1. The van der Waals surface area contributed by atoms with Gasteiger partial charge in [0.1, 0.15) is 11.6 Å². The van der Waals surface area contributed by atoms with Gasteiger partial charge < -0.3 is 19.9 Å². The van der Waals surface area contributed by atoms with Gasteiger partial charge in [0, 0.05) is 38.3 Å². The molecule has 0 radical (unpaired) electrons. The molecule has 2 saturated heterocycles. The summed E-state index contributed by atoms with van der Waals surface area (Å²) in [7, 11) is 0. The number of aromatic nitrogens is 1. The van der Waals surface area contributed by atoms with Crippen LogP contribution in [-0.4, -0.2) is 53.7 Å². The van der Waals surface area contributed by atoms with Gasteiger partial charge >= 0.3 is 0 Å². The molecule has 8 nitrogen and oxygen atoms in total. The fraction of sp³-hybridized carbons (Fsp3) is 0.476. The van der Waals surface area contributed by atoms with Crippen molar-refractivity contribution >= 4 is 11.8 Å². The number of carbonyl (C=O) groups excluding carboxylic acids is 2. The summed E-state index contributed by atoms with van der Waals surface area (Å²) in [5, 5.41) is 9.65. The Morgan fingerprint density at radius 2 is 2.13 bits per heavy atom. The van der Waals surface area contributed by atoms with Gasteiger partial charge in [-0.25, -0.2) is 4.39 Å². The first kappa shape index (κ1) is 20.5. The average Bonchev–Trinajstić information content (AvgIpc) is 3.25. The largest absolute Gasteiger partial charge is 0.361 e. The van der Waals surface area contributed by atoms with Crippen LogP contribution in [0, 0.1) is 25.6 Å². The van der Waals surface area contributed by atoms with Crippen molar-refractivity contribution in [1.82, 2.24) is 20.7 Å². The van der Waals surface area contributed by atoms with Gasteiger partial charge in [-0.3, -0.25) is 14.5 Å². The molecule has 1 aromatic carbocycles. The molecule has 2 aromatic rings. The monoisotopic (exact) mass is 416 g/mol. The number of nitrogens with zero attached hydrogens (tertiary/aromatic N) is 2. The van der Waals surface area contributed by atoms with Crippen molar-refractivity contribution in [2.75, 3.05) is 26.2 Å². The molecule has 2 aliphatic heterocycles. The van der Waals surface area contributed by atoms with Crippen molar-refractivity contribution in [1.29, 1.82) is 0 Å². The molecule has 2 fully saturated rings. The lowest BCUT2D eigenvalue weighted by molar-refractivity contribution is -0.163. The molecule has 160 valence electrons. The summed E-state index contributed by atoms with van der Waals surface area (Å²) < 4.78 is 24.3. The van der Waals surface area contributed by atoms with Gasteiger partial charge in [-0.1, -0.05) is 17.3 Å². The molecule has 2 atom stereocenters. The maximum atomic E-state index is 13.2. The van der Waals surface area contributed by atoms with Crippen LogP contribution in [0.15, 0.2) is 28.8 Å². The van der Waals surface area contributed by atoms with E-state index < -0.39 is 11.5 Å². The lowest BCUT2D eigenvalue weighted by Crippen LogP contribution is -2.61. The number of carbonyl (C=O) groups is 2. The second kappa shape index (κ2) is 8.16. The van der Waals surface area contributed by atoms with Gasteiger partial charge in [0.15, 0.2) is 5.60 Å². The first-order valence-electron chi connectivity index (χ1n) is 9.97. The van der Waals surface area contributed by atoms with Crippen LogP contribution in [0.2, 0.25) is 0 Å². The fourth-order valence-corrected chi connectivity index (χ4v) is 4.22. The van der Waals surface area contributed by atoms with E-state index in [0.29, 0.717) is 38.5 Å². The minimum Gasteiger partial charge on any atom is -0.361 e. The Balaban J connectivity index is 1.51. The van der Waals surface area contributed by atoms with Crippen molar-refractivity contribution in [3.8, 4) is 0 Å². The van der Waals surface area contributed by atoms with Crippen LogP contribution in [0.4, 0.5) is 4.39 Å². The summed E-state index contributed by atoms with van der Waals surface area (Å²) in [4.78, 5) is 27.9. The quantitative estimate of drug-likeness (QED) is 0.757. The van der Waals surface area contributed by atoms with Gasteiger partial charge in [-0.2, -0.15) is 0 Å². The van der Waals surface area contributed by atoms with Crippen LogP contribution in [0.5, 0.6) is 0 Å². The van der Waals surface area contributed by atoms with Crippen LogP contribution < -0.4 is 10.6 Å². The van der Waals surface area contributed by atoms with Crippen LogP contribution in [-0.2, 0) is 27.4 Å². The second-order valence-electron chi connectivity index (χ2n) is 7.86. The van der Waals surface area contributed by atoms with E-state index in [1.54, 1.807) is 19.1 Å². The van der Waals surface area contributed by atoms with Crippen LogP contribution in [0.25, 0.3) is 0 Å². The smallest absolute Gasteiger partial charge is 0.254 e. The zero-order chi connectivity index (χ0) is 21.3. The Labute approximate surface area is 173 Å². The van der Waals surface area contributed by atoms with E-state index in [2.05, 4.69) is 15.8 Å². The lowest BCUT2D eigenvalue weighted by atomic mass is 9.87. The Morgan fingerprint density at radius 1 is 1.37 bits per heavy atom. The van der Waals surface area contributed by atoms with Crippen molar-refractivity contribution in [2.45, 2.75) is 32.5 Å². The van der Waals surface area contributed by atoms with E-state index in [-0.39, 0.29) is 24.2 Å². The molecule has 0 unspecified atom stereocenters. The molecule has 1 spiro atoms. The number of hydrogen-bond acceptors (Lipinski definition) is 6. The third-order valence-corrected chi connectivity index (χ3v) is 5.85. The highest BCUT2D eigenvalue weighted by molar-refractivity contribution is 5.94. The molecule has 0 bridgehead atoms. The second-order valence-corrected chi connectivity index (χ2v) is 7.86. The number of ether oxygens (including phenoxy) is 1. The van der Waals surface area contributed by atoms with Gasteiger partial charge in [0.25, 0.3) is 5.91 Å².